The minimum absolute atomic E-state index is 0.156. The molecule has 1 heterocycles. The third kappa shape index (κ3) is 4.18. The lowest BCUT2D eigenvalue weighted by Gasteiger charge is -2.30. The summed E-state index contributed by atoms with van der Waals surface area (Å²) in [6.45, 7) is 6.36. The number of carbonyl (C=O) groups excluding carboxylic acids is 1. The van der Waals surface area contributed by atoms with Gasteiger partial charge in [-0.2, -0.15) is 0 Å². The predicted octanol–water partition coefficient (Wildman–Crippen LogP) is 1.10. The maximum Gasteiger partial charge on any atom is 0.323 e. The van der Waals surface area contributed by atoms with Crippen molar-refractivity contribution in [1.29, 1.82) is 0 Å². The highest BCUT2D eigenvalue weighted by atomic mass is 16.6. The van der Waals surface area contributed by atoms with E-state index in [2.05, 4.69) is 5.32 Å². The van der Waals surface area contributed by atoms with Crippen LogP contribution in [-0.2, 0) is 14.3 Å². The van der Waals surface area contributed by atoms with Gasteiger partial charge in [-0.25, -0.2) is 0 Å². The summed E-state index contributed by atoms with van der Waals surface area (Å²) in [4.78, 5) is 11.7. The highest BCUT2D eigenvalue weighted by Crippen LogP contribution is 2.15. The van der Waals surface area contributed by atoms with Crippen molar-refractivity contribution in [3.63, 3.8) is 0 Å². The highest BCUT2D eigenvalue weighted by Gasteiger charge is 2.29. The number of ether oxygens (including phenoxy) is 2. The summed E-state index contributed by atoms with van der Waals surface area (Å²) in [5.74, 6) is -0.156. The lowest BCUT2D eigenvalue weighted by Crippen LogP contribution is -2.48. The van der Waals surface area contributed by atoms with Gasteiger partial charge in [0.15, 0.2) is 0 Å². The van der Waals surface area contributed by atoms with E-state index < -0.39 is 5.60 Å². The van der Waals surface area contributed by atoms with Crippen molar-refractivity contribution in [3.05, 3.63) is 0 Å². The predicted molar refractivity (Wildman–Crippen MR) is 57.7 cm³/mol. The van der Waals surface area contributed by atoms with Crippen LogP contribution in [0.15, 0.2) is 0 Å². The number of esters is 1. The van der Waals surface area contributed by atoms with Crippen LogP contribution in [0, 0.1) is 0 Å². The van der Waals surface area contributed by atoms with E-state index in [1.807, 2.05) is 20.8 Å². The van der Waals surface area contributed by atoms with Crippen LogP contribution in [0.3, 0.4) is 0 Å². The number of hydrogen-bond acceptors (Lipinski definition) is 4. The average Bonchev–Trinajstić information content (AvgIpc) is 2.15. The zero-order valence-electron chi connectivity index (χ0n) is 10.0. The molecule has 1 fully saturated rings. The molecule has 88 valence electrons. The first kappa shape index (κ1) is 12.5. The van der Waals surface area contributed by atoms with Gasteiger partial charge in [-0.1, -0.05) is 0 Å². The molecule has 1 saturated heterocycles. The maximum absolute atomic E-state index is 11.7. The van der Waals surface area contributed by atoms with Gasteiger partial charge in [-0.05, 0) is 33.6 Å². The zero-order valence-corrected chi connectivity index (χ0v) is 10.0. The molecule has 0 aromatic rings. The largest absolute Gasteiger partial charge is 0.459 e. The Kier molecular flexibility index (Phi) is 4.11. The second kappa shape index (κ2) is 4.94. The summed E-state index contributed by atoms with van der Waals surface area (Å²) in [6, 6.07) is -0.171. The molecule has 1 N–H and O–H groups in total. The van der Waals surface area contributed by atoms with Crippen LogP contribution < -0.4 is 5.32 Å². The number of carbonyl (C=O) groups is 1. The topological polar surface area (TPSA) is 47.6 Å². The van der Waals surface area contributed by atoms with E-state index >= 15 is 0 Å². The molecule has 0 amide bonds. The van der Waals surface area contributed by atoms with Gasteiger partial charge >= 0.3 is 5.97 Å². The van der Waals surface area contributed by atoms with E-state index in [1.54, 1.807) is 7.11 Å². The lowest BCUT2D eigenvalue weighted by molar-refractivity contribution is -0.158. The fraction of sp³-hybridized carbons (Fsp3) is 0.909. The monoisotopic (exact) mass is 215 g/mol. The molecule has 0 saturated carbocycles. The number of piperidine rings is 1. The van der Waals surface area contributed by atoms with Gasteiger partial charge in [0.1, 0.15) is 11.6 Å². The van der Waals surface area contributed by atoms with Crippen molar-refractivity contribution in [2.45, 2.75) is 51.4 Å². The standard InChI is InChI=1S/C11H21NO3/c1-11(2,3)15-10(13)9-6-5-8(14-4)7-12-9/h8-9,12H,5-7H2,1-4H3. The Labute approximate surface area is 91.3 Å². The van der Waals surface area contributed by atoms with E-state index in [0.29, 0.717) is 0 Å². The van der Waals surface area contributed by atoms with Crippen LogP contribution in [0.5, 0.6) is 0 Å². The molecule has 15 heavy (non-hydrogen) atoms. The van der Waals surface area contributed by atoms with Crippen LogP contribution in [0.1, 0.15) is 33.6 Å². The minimum atomic E-state index is -0.406. The second-order valence-electron chi connectivity index (χ2n) is 4.93. The van der Waals surface area contributed by atoms with Crippen molar-refractivity contribution in [2.24, 2.45) is 0 Å². The lowest BCUT2D eigenvalue weighted by atomic mass is 10.0. The molecule has 2 atom stereocenters. The van der Waals surface area contributed by atoms with Gasteiger partial charge in [-0.3, -0.25) is 4.79 Å². The molecular weight excluding hydrogens is 194 g/mol. The van der Waals surface area contributed by atoms with Crippen molar-refractivity contribution in [2.75, 3.05) is 13.7 Å². The van der Waals surface area contributed by atoms with Crippen molar-refractivity contribution >= 4 is 5.97 Å². The summed E-state index contributed by atoms with van der Waals surface area (Å²) >= 11 is 0. The van der Waals surface area contributed by atoms with E-state index in [9.17, 15) is 4.79 Å². The molecule has 1 aliphatic heterocycles. The fourth-order valence-electron chi connectivity index (χ4n) is 1.61. The molecule has 1 aliphatic rings. The molecular formula is C11H21NO3. The van der Waals surface area contributed by atoms with Crippen LogP contribution in [-0.4, -0.2) is 37.4 Å². The van der Waals surface area contributed by atoms with Gasteiger partial charge in [0, 0.05) is 13.7 Å². The van der Waals surface area contributed by atoms with Crippen LogP contribution in [0.4, 0.5) is 0 Å². The van der Waals surface area contributed by atoms with Gasteiger partial charge in [0.2, 0.25) is 0 Å². The normalized spacial score (nSPS) is 27.5. The molecule has 0 spiro atoms. The Bertz CT molecular complexity index is 214. The van der Waals surface area contributed by atoms with Crippen molar-refractivity contribution in [1.82, 2.24) is 5.32 Å². The highest BCUT2D eigenvalue weighted by molar-refractivity contribution is 5.76. The van der Waals surface area contributed by atoms with Crippen molar-refractivity contribution < 1.29 is 14.3 Å². The van der Waals surface area contributed by atoms with Crippen molar-refractivity contribution in [3.8, 4) is 0 Å². The Hall–Kier alpha value is -0.610. The molecule has 4 heteroatoms. The van der Waals surface area contributed by atoms with Crippen LogP contribution in [0.25, 0.3) is 0 Å². The first-order valence-corrected chi connectivity index (χ1v) is 5.41. The smallest absolute Gasteiger partial charge is 0.323 e. The van der Waals surface area contributed by atoms with E-state index in [0.717, 1.165) is 19.4 Å². The van der Waals surface area contributed by atoms with Gasteiger partial charge < -0.3 is 14.8 Å². The SMILES string of the molecule is COC1CCC(C(=O)OC(C)(C)C)NC1. The number of rotatable bonds is 2. The molecule has 0 aromatic carbocycles. The fourth-order valence-corrected chi connectivity index (χ4v) is 1.61. The third-order valence-corrected chi connectivity index (χ3v) is 2.39. The first-order valence-electron chi connectivity index (χ1n) is 5.41. The van der Waals surface area contributed by atoms with E-state index in [-0.39, 0.29) is 18.1 Å². The van der Waals surface area contributed by atoms with E-state index in [4.69, 9.17) is 9.47 Å². The minimum Gasteiger partial charge on any atom is -0.459 e. The van der Waals surface area contributed by atoms with Gasteiger partial charge in [-0.15, -0.1) is 0 Å². The quantitative estimate of drug-likeness (QED) is 0.701. The number of hydrogen-bond donors (Lipinski definition) is 1. The van der Waals surface area contributed by atoms with Crippen LogP contribution in [0.2, 0.25) is 0 Å². The summed E-state index contributed by atoms with van der Waals surface area (Å²) in [5.41, 5.74) is -0.406. The summed E-state index contributed by atoms with van der Waals surface area (Å²) in [6.07, 6.45) is 1.92. The number of nitrogens with one attached hydrogen (secondary N) is 1. The Morgan fingerprint density at radius 2 is 2.00 bits per heavy atom. The molecule has 1 rings (SSSR count). The molecule has 0 bridgehead atoms. The average molecular weight is 215 g/mol. The Morgan fingerprint density at radius 3 is 2.40 bits per heavy atom. The summed E-state index contributed by atoms with van der Waals surface area (Å²) < 4.78 is 10.5. The first-order chi connectivity index (χ1) is 6.92. The van der Waals surface area contributed by atoms with Crippen LogP contribution >= 0.6 is 0 Å². The maximum atomic E-state index is 11.7. The van der Waals surface area contributed by atoms with Gasteiger partial charge in [0.25, 0.3) is 0 Å². The number of methoxy groups -OCH3 is 1. The van der Waals surface area contributed by atoms with E-state index in [1.165, 1.54) is 0 Å². The molecule has 4 nitrogen and oxygen atoms in total. The van der Waals surface area contributed by atoms with Gasteiger partial charge in [0.05, 0.1) is 6.10 Å². The Balaban J connectivity index is 2.37. The Morgan fingerprint density at radius 1 is 1.33 bits per heavy atom. The molecule has 2 unspecified atom stereocenters. The summed E-state index contributed by atoms with van der Waals surface area (Å²) in [7, 11) is 1.69. The zero-order chi connectivity index (χ0) is 11.5. The molecule has 0 aliphatic carbocycles. The molecule has 0 aromatic heterocycles. The summed E-state index contributed by atoms with van der Waals surface area (Å²) in [5, 5.41) is 3.14. The second-order valence-corrected chi connectivity index (χ2v) is 4.93. The molecule has 0 radical (unpaired) electrons. The third-order valence-electron chi connectivity index (χ3n) is 2.39.